The smallest absolute Gasteiger partial charge is 0.153 e. The van der Waals surface area contributed by atoms with Crippen molar-refractivity contribution >= 4 is 9.84 Å². The molecule has 0 radical (unpaired) electrons. The first-order valence-electron chi connectivity index (χ1n) is 5.68. The molecule has 2 heterocycles. The molecule has 2 saturated heterocycles. The lowest BCUT2D eigenvalue weighted by Crippen LogP contribution is -2.56. The van der Waals surface area contributed by atoms with Gasteiger partial charge < -0.3 is 15.5 Å². The van der Waals surface area contributed by atoms with Gasteiger partial charge in [-0.25, -0.2) is 8.42 Å². The number of aliphatic hydroxyl groups excluding tert-OH is 1. The molecule has 0 aliphatic carbocycles. The van der Waals surface area contributed by atoms with Gasteiger partial charge in [0.1, 0.15) is 0 Å². The van der Waals surface area contributed by atoms with Gasteiger partial charge in [0.15, 0.2) is 9.84 Å². The van der Waals surface area contributed by atoms with E-state index in [0.717, 1.165) is 13.1 Å². The van der Waals surface area contributed by atoms with Gasteiger partial charge in [-0.05, 0) is 32.4 Å². The van der Waals surface area contributed by atoms with Crippen LogP contribution in [0, 0.1) is 5.41 Å². The summed E-state index contributed by atoms with van der Waals surface area (Å²) in [4.78, 5) is 0. The van der Waals surface area contributed by atoms with Crippen molar-refractivity contribution in [1.29, 1.82) is 0 Å². The van der Waals surface area contributed by atoms with Crippen molar-refractivity contribution in [2.24, 2.45) is 5.41 Å². The van der Waals surface area contributed by atoms with Crippen molar-refractivity contribution in [2.75, 3.05) is 31.2 Å². The van der Waals surface area contributed by atoms with Crippen LogP contribution in [0.4, 0.5) is 0 Å². The summed E-state index contributed by atoms with van der Waals surface area (Å²) >= 11 is 0. The third-order valence-corrected chi connectivity index (χ3v) is 5.88. The largest absolute Gasteiger partial charge is 0.396 e. The summed E-state index contributed by atoms with van der Waals surface area (Å²) in [7, 11) is -3.13. The number of hydrogen-bond acceptors (Lipinski definition) is 5. The fraction of sp³-hybridized carbons (Fsp3) is 1.00. The molecule has 0 bridgehead atoms. The average molecular weight is 249 g/mol. The molecule has 6 heteroatoms. The summed E-state index contributed by atoms with van der Waals surface area (Å²) in [6.45, 7) is 1.31. The van der Waals surface area contributed by atoms with Gasteiger partial charge >= 0.3 is 0 Å². The normalized spacial score (nSPS) is 37.4. The zero-order valence-corrected chi connectivity index (χ0v) is 10.1. The third kappa shape index (κ3) is 1.88. The first kappa shape index (κ1) is 12.3. The van der Waals surface area contributed by atoms with E-state index in [1.54, 1.807) is 0 Å². The Bertz CT molecular complexity index is 361. The second-order valence-electron chi connectivity index (χ2n) is 5.06. The summed E-state index contributed by atoms with van der Waals surface area (Å²) in [5.41, 5.74) is -1.87. The molecule has 2 aliphatic rings. The van der Waals surface area contributed by atoms with E-state index in [1.807, 2.05) is 0 Å². The zero-order chi connectivity index (χ0) is 11.9. The van der Waals surface area contributed by atoms with E-state index in [4.69, 9.17) is 0 Å². The van der Waals surface area contributed by atoms with Gasteiger partial charge in [-0.3, -0.25) is 0 Å². The third-order valence-electron chi connectivity index (χ3n) is 4.14. The van der Waals surface area contributed by atoms with Crippen LogP contribution in [0.2, 0.25) is 0 Å². The molecule has 1 atom stereocenters. The average Bonchev–Trinajstić information content (AvgIpc) is 2.55. The van der Waals surface area contributed by atoms with Crippen LogP contribution >= 0.6 is 0 Å². The minimum atomic E-state index is -3.13. The van der Waals surface area contributed by atoms with E-state index in [-0.39, 0.29) is 24.5 Å². The van der Waals surface area contributed by atoms with E-state index in [9.17, 15) is 18.6 Å². The van der Waals surface area contributed by atoms with Gasteiger partial charge in [-0.1, -0.05) is 0 Å². The predicted molar refractivity (Wildman–Crippen MR) is 59.8 cm³/mol. The Balaban J connectivity index is 2.27. The Morgan fingerprint density at radius 3 is 2.25 bits per heavy atom. The lowest BCUT2D eigenvalue weighted by atomic mass is 9.66. The number of hydrogen-bond donors (Lipinski definition) is 3. The molecule has 0 aromatic carbocycles. The summed E-state index contributed by atoms with van der Waals surface area (Å²) in [6.07, 6.45) is 1.53. The Labute approximate surface area is 95.8 Å². The molecular weight excluding hydrogens is 230 g/mol. The van der Waals surface area contributed by atoms with Gasteiger partial charge in [-0.2, -0.15) is 0 Å². The molecule has 0 spiro atoms. The van der Waals surface area contributed by atoms with Crippen molar-refractivity contribution in [1.82, 2.24) is 5.32 Å². The highest BCUT2D eigenvalue weighted by atomic mass is 32.2. The van der Waals surface area contributed by atoms with Crippen molar-refractivity contribution < 1.29 is 18.6 Å². The van der Waals surface area contributed by atoms with E-state index < -0.39 is 20.9 Å². The van der Waals surface area contributed by atoms with Crippen LogP contribution in [0.3, 0.4) is 0 Å². The van der Waals surface area contributed by atoms with Gasteiger partial charge in [-0.15, -0.1) is 0 Å². The van der Waals surface area contributed by atoms with E-state index in [0.29, 0.717) is 12.8 Å². The maximum Gasteiger partial charge on any atom is 0.153 e. The molecular formula is C10H19NO4S. The lowest BCUT2D eigenvalue weighted by molar-refractivity contribution is -0.107. The molecule has 0 aromatic heterocycles. The molecule has 0 amide bonds. The van der Waals surface area contributed by atoms with Gasteiger partial charge in [0, 0.05) is 5.41 Å². The number of sulfone groups is 1. The van der Waals surface area contributed by atoms with Crippen molar-refractivity contribution in [2.45, 2.75) is 24.9 Å². The number of aliphatic hydroxyl groups is 2. The van der Waals surface area contributed by atoms with Crippen LogP contribution < -0.4 is 5.32 Å². The first-order chi connectivity index (χ1) is 7.43. The monoisotopic (exact) mass is 249 g/mol. The minimum Gasteiger partial charge on any atom is -0.396 e. The van der Waals surface area contributed by atoms with Gasteiger partial charge in [0.25, 0.3) is 0 Å². The van der Waals surface area contributed by atoms with E-state index >= 15 is 0 Å². The molecule has 3 N–H and O–H groups in total. The highest BCUT2D eigenvalue weighted by Gasteiger charge is 2.55. The van der Waals surface area contributed by atoms with Crippen LogP contribution in [0.5, 0.6) is 0 Å². The topological polar surface area (TPSA) is 86.6 Å². The highest BCUT2D eigenvalue weighted by molar-refractivity contribution is 7.91. The number of rotatable bonds is 2. The highest BCUT2D eigenvalue weighted by Crippen LogP contribution is 2.45. The summed E-state index contributed by atoms with van der Waals surface area (Å²) in [5.74, 6) is -0.154. The fourth-order valence-corrected chi connectivity index (χ4v) is 4.90. The maximum absolute atomic E-state index is 11.5. The SMILES string of the molecule is O=S1(=O)CCC(O)(C2(CO)CCNCC2)C1. The Morgan fingerprint density at radius 2 is 1.81 bits per heavy atom. The number of piperidine rings is 1. The molecule has 0 saturated carbocycles. The van der Waals surface area contributed by atoms with Crippen molar-refractivity contribution in [3.05, 3.63) is 0 Å². The zero-order valence-electron chi connectivity index (χ0n) is 9.28. The van der Waals surface area contributed by atoms with Gasteiger partial charge in [0.2, 0.25) is 0 Å². The van der Waals surface area contributed by atoms with Crippen LogP contribution in [0.1, 0.15) is 19.3 Å². The Kier molecular flexibility index (Phi) is 3.03. The van der Waals surface area contributed by atoms with Crippen molar-refractivity contribution in [3.63, 3.8) is 0 Å². The Hall–Kier alpha value is -0.170. The summed E-state index contributed by atoms with van der Waals surface area (Å²) in [6, 6.07) is 0. The predicted octanol–water partition coefficient (Wildman–Crippen LogP) is -1.10. The summed E-state index contributed by atoms with van der Waals surface area (Å²) in [5, 5.41) is 23.3. The molecule has 0 aromatic rings. The summed E-state index contributed by atoms with van der Waals surface area (Å²) < 4.78 is 23.0. The number of nitrogens with one attached hydrogen (secondary N) is 1. The van der Waals surface area contributed by atoms with Crippen LogP contribution in [0.25, 0.3) is 0 Å². The van der Waals surface area contributed by atoms with Gasteiger partial charge in [0.05, 0.1) is 23.7 Å². The van der Waals surface area contributed by atoms with E-state index in [1.165, 1.54) is 0 Å². The van der Waals surface area contributed by atoms with Crippen molar-refractivity contribution in [3.8, 4) is 0 Å². The standard InChI is InChI=1S/C10H19NO4S/c12-7-9(1-4-11-5-2-9)10(13)3-6-16(14,15)8-10/h11-13H,1-8H2. The molecule has 2 rings (SSSR count). The molecule has 1 unspecified atom stereocenters. The quantitative estimate of drug-likeness (QED) is 0.578. The Morgan fingerprint density at radius 1 is 1.19 bits per heavy atom. The molecule has 2 fully saturated rings. The molecule has 94 valence electrons. The fourth-order valence-electron chi connectivity index (χ4n) is 2.93. The molecule has 16 heavy (non-hydrogen) atoms. The minimum absolute atomic E-state index is 0.0404. The maximum atomic E-state index is 11.5. The molecule has 5 nitrogen and oxygen atoms in total. The van der Waals surface area contributed by atoms with Crippen LogP contribution in [0.15, 0.2) is 0 Å². The van der Waals surface area contributed by atoms with Crippen LogP contribution in [-0.4, -0.2) is 55.4 Å². The lowest BCUT2D eigenvalue weighted by Gasteiger charge is -2.46. The molecule has 2 aliphatic heterocycles. The second kappa shape index (κ2) is 3.94. The van der Waals surface area contributed by atoms with E-state index in [2.05, 4.69) is 5.32 Å². The first-order valence-corrected chi connectivity index (χ1v) is 7.50. The van der Waals surface area contributed by atoms with Crippen LogP contribution in [-0.2, 0) is 9.84 Å². The second-order valence-corrected chi connectivity index (χ2v) is 7.25.